The van der Waals surface area contributed by atoms with Gasteiger partial charge in [0.25, 0.3) is 0 Å². The first-order valence-electron chi connectivity index (χ1n) is 6.05. The molecule has 2 heterocycles. The predicted octanol–water partition coefficient (Wildman–Crippen LogP) is 0.0908. The van der Waals surface area contributed by atoms with Gasteiger partial charge in [-0.05, 0) is 6.92 Å². The minimum atomic E-state index is -1.02. The molecule has 0 spiro atoms. The summed E-state index contributed by atoms with van der Waals surface area (Å²) in [6, 6.07) is 0. The van der Waals surface area contributed by atoms with E-state index in [-0.39, 0.29) is 37.0 Å². The molecule has 0 aliphatic carbocycles. The zero-order valence-electron chi connectivity index (χ0n) is 10.8. The molecule has 2 rings (SSSR count). The highest BCUT2D eigenvalue weighted by atomic mass is 16.5. The van der Waals surface area contributed by atoms with Crippen molar-refractivity contribution in [3.8, 4) is 0 Å². The predicted molar refractivity (Wildman–Crippen MR) is 66.1 cm³/mol. The molecule has 0 radical (unpaired) electrons. The number of carboxylic acid groups (broad SMARTS) is 1. The zero-order chi connectivity index (χ0) is 14.7. The molecule has 0 saturated carbocycles. The van der Waals surface area contributed by atoms with E-state index in [4.69, 9.17) is 9.84 Å². The van der Waals surface area contributed by atoms with E-state index in [9.17, 15) is 14.4 Å². The van der Waals surface area contributed by atoms with E-state index >= 15 is 0 Å². The molecule has 1 aromatic rings. The zero-order valence-corrected chi connectivity index (χ0v) is 10.8. The Morgan fingerprint density at radius 2 is 2.10 bits per heavy atom. The van der Waals surface area contributed by atoms with Crippen LogP contribution in [0.25, 0.3) is 0 Å². The van der Waals surface area contributed by atoms with Crippen molar-refractivity contribution in [1.82, 2.24) is 9.97 Å². The van der Waals surface area contributed by atoms with E-state index in [1.165, 1.54) is 17.3 Å². The molecule has 1 aromatic heterocycles. The van der Waals surface area contributed by atoms with E-state index in [0.717, 1.165) is 0 Å². The van der Waals surface area contributed by atoms with Gasteiger partial charge in [0.15, 0.2) is 0 Å². The van der Waals surface area contributed by atoms with Crippen LogP contribution in [0.4, 0.5) is 5.95 Å². The Hall–Kier alpha value is -2.51. The third kappa shape index (κ3) is 2.73. The molecule has 1 fully saturated rings. The molecule has 1 atom stereocenters. The lowest BCUT2D eigenvalue weighted by atomic mass is 10.1. The Balaban J connectivity index is 2.12. The molecule has 0 bridgehead atoms. The van der Waals surface area contributed by atoms with Crippen molar-refractivity contribution in [2.24, 2.45) is 5.92 Å². The Labute approximate surface area is 114 Å². The Kier molecular flexibility index (Phi) is 3.92. The number of hydrogen-bond acceptors (Lipinski definition) is 6. The smallest absolute Gasteiger partial charge is 0.341 e. The number of amides is 1. The maximum atomic E-state index is 11.7. The topological polar surface area (TPSA) is 110 Å². The van der Waals surface area contributed by atoms with Crippen LogP contribution in [0.5, 0.6) is 0 Å². The number of ether oxygens (including phenoxy) is 1. The Morgan fingerprint density at radius 3 is 2.60 bits per heavy atom. The lowest BCUT2D eigenvalue weighted by Crippen LogP contribution is -2.27. The Morgan fingerprint density at radius 1 is 1.45 bits per heavy atom. The van der Waals surface area contributed by atoms with Gasteiger partial charge in [0.05, 0.1) is 18.1 Å². The van der Waals surface area contributed by atoms with Crippen LogP contribution in [0.2, 0.25) is 0 Å². The fraction of sp³-hybridized carbons (Fsp3) is 0.417. The summed E-state index contributed by atoms with van der Waals surface area (Å²) >= 11 is 0. The summed E-state index contributed by atoms with van der Waals surface area (Å²) in [7, 11) is 0. The van der Waals surface area contributed by atoms with Gasteiger partial charge >= 0.3 is 11.9 Å². The van der Waals surface area contributed by atoms with E-state index in [0.29, 0.717) is 0 Å². The molecular weight excluding hydrogens is 266 g/mol. The number of anilines is 1. The van der Waals surface area contributed by atoms with Crippen molar-refractivity contribution < 1.29 is 24.2 Å². The molecular formula is C12H13N3O5. The summed E-state index contributed by atoms with van der Waals surface area (Å²) in [4.78, 5) is 43.0. The maximum absolute atomic E-state index is 11.7. The number of esters is 1. The first-order valence-corrected chi connectivity index (χ1v) is 6.05. The lowest BCUT2D eigenvalue weighted by molar-refractivity contribution is -0.141. The highest BCUT2D eigenvalue weighted by Gasteiger charge is 2.36. The standard InChI is InChI=1S/C12H13N3O5/c1-2-20-11(19)8-4-13-12(14-5-8)15-6-7(10(17)18)3-9(15)16/h4-5,7H,2-3,6H2,1H3,(H,17,18). The van der Waals surface area contributed by atoms with Gasteiger partial charge in [-0.15, -0.1) is 0 Å². The second-order valence-electron chi connectivity index (χ2n) is 4.24. The summed E-state index contributed by atoms with van der Waals surface area (Å²) in [6.45, 7) is 1.96. The number of rotatable bonds is 4. The highest BCUT2D eigenvalue weighted by Crippen LogP contribution is 2.22. The summed E-state index contributed by atoms with van der Waals surface area (Å²) < 4.78 is 4.79. The Bertz CT molecular complexity index is 543. The molecule has 1 saturated heterocycles. The van der Waals surface area contributed by atoms with Gasteiger partial charge in [0.2, 0.25) is 11.9 Å². The van der Waals surface area contributed by atoms with Crippen LogP contribution in [0.15, 0.2) is 12.4 Å². The summed E-state index contributed by atoms with van der Waals surface area (Å²) in [5.74, 6) is -2.58. The minimum Gasteiger partial charge on any atom is -0.481 e. The van der Waals surface area contributed by atoms with Gasteiger partial charge in [0, 0.05) is 25.4 Å². The minimum absolute atomic E-state index is 0.0346. The third-order valence-electron chi connectivity index (χ3n) is 2.87. The van der Waals surface area contributed by atoms with Crippen molar-refractivity contribution in [2.45, 2.75) is 13.3 Å². The number of nitrogens with zero attached hydrogens (tertiary/aromatic N) is 3. The largest absolute Gasteiger partial charge is 0.481 e. The highest BCUT2D eigenvalue weighted by molar-refractivity contribution is 5.98. The number of aliphatic carboxylic acids is 1. The number of hydrogen-bond donors (Lipinski definition) is 1. The molecule has 20 heavy (non-hydrogen) atoms. The van der Waals surface area contributed by atoms with Crippen molar-refractivity contribution in [3.63, 3.8) is 0 Å². The number of carbonyl (C=O) groups excluding carboxylic acids is 2. The fourth-order valence-corrected chi connectivity index (χ4v) is 1.85. The quantitative estimate of drug-likeness (QED) is 0.778. The molecule has 1 unspecified atom stereocenters. The van der Waals surface area contributed by atoms with Gasteiger partial charge in [-0.3, -0.25) is 14.5 Å². The number of carboxylic acids is 1. The molecule has 1 N–H and O–H groups in total. The average Bonchev–Trinajstić information content (AvgIpc) is 2.81. The third-order valence-corrected chi connectivity index (χ3v) is 2.87. The van der Waals surface area contributed by atoms with Gasteiger partial charge in [-0.1, -0.05) is 0 Å². The van der Waals surface area contributed by atoms with E-state index in [1.807, 2.05) is 0 Å². The van der Waals surface area contributed by atoms with Crippen LogP contribution in [0.1, 0.15) is 23.7 Å². The van der Waals surface area contributed by atoms with Crippen molar-refractivity contribution in [1.29, 1.82) is 0 Å². The molecule has 1 amide bonds. The maximum Gasteiger partial charge on any atom is 0.341 e. The van der Waals surface area contributed by atoms with Crippen molar-refractivity contribution in [3.05, 3.63) is 18.0 Å². The van der Waals surface area contributed by atoms with Crippen LogP contribution in [0.3, 0.4) is 0 Å². The van der Waals surface area contributed by atoms with E-state index in [2.05, 4.69) is 9.97 Å². The van der Waals surface area contributed by atoms with E-state index < -0.39 is 17.9 Å². The van der Waals surface area contributed by atoms with Crippen molar-refractivity contribution >= 4 is 23.8 Å². The van der Waals surface area contributed by atoms with Crippen LogP contribution in [-0.4, -0.2) is 46.1 Å². The van der Waals surface area contributed by atoms with Crippen LogP contribution in [-0.2, 0) is 14.3 Å². The van der Waals surface area contributed by atoms with Crippen molar-refractivity contribution in [2.75, 3.05) is 18.1 Å². The van der Waals surface area contributed by atoms with Crippen LogP contribution < -0.4 is 4.90 Å². The molecule has 1 aliphatic heterocycles. The monoisotopic (exact) mass is 279 g/mol. The normalized spacial score (nSPS) is 18.1. The molecule has 8 heteroatoms. The fourth-order valence-electron chi connectivity index (χ4n) is 1.85. The van der Waals surface area contributed by atoms with Gasteiger partial charge < -0.3 is 9.84 Å². The summed E-state index contributed by atoms with van der Waals surface area (Å²) in [5.41, 5.74) is 0.178. The summed E-state index contributed by atoms with van der Waals surface area (Å²) in [6.07, 6.45) is 2.43. The van der Waals surface area contributed by atoms with Crippen LogP contribution in [0, 0.1) is 5.92 Å². The number of aromatic nitrogens is 2. The van der Waals surface area contributed by atoms with Gasteiger partial charge in [-0.2, -0.15) is 0 Å². The van der Waals surface area contributed by atoms with Crippen LogP contribution >= 0.6 is 0 Å². The van der Waals surface area contributed by atoms with Gasteiger partial charge in [0.1, 0.15) is 0 Å². The molecule has 0 aromatic carbocycles. The van der Waals surface area contributed by atoms with E-state index in [1.54, 1.807) is 6.92 Å². The first-order chi connectivity index (χ1) is 9.52. The second kappa shape index (κ2) is 5.64. The lowest BCUT2D eigenvalue weighted by Gasteiger charge is -2.13. The molecule has 106 valence electrons. The number of carbonyl (C=O) groups is 3. The molecule has 1 aliphatic rings. The SMILES string of the molecule is CCOC(=O)c1cnc(N2CC(C(=O)O)CC2=O)nc1. The molecule has 8 nitrogen and oxygen atoms in total. The first kappa shape index (κ1) is 13.9. The average molecular weight is 279 g/mol. The van der Waals surface area contributed by atoms with Gasteiger partial charge in [-0.25, -0.2) is 14.8 Å². The summed E-state index contributed by atoms with van der Waals surface area (Å²) in [5, 5.41) is 8.89. The second-order valence-corrected chi connectivity index (χ2v) is 4.24.